The highest BCUT2D eigenvalue weighted by Gasteiger charge is 2.31. The SMILES string of the molecule is CC[Si](CC)(CC)c1cccc2c1[nH]c1ccccc12. The van der Waals surface area contributed by atoms with Crippen LogP contribution in [0.5, 0.6) is 0 Å². The molecule has 0 spiro atoms. The van der Waals surface area contributed by atoms with E-state index in [1.54, 1.807) is 5.19 Å². The number of benzene rings is 2. The van der Waals surface area contributed by atoms with Gasteiger partial charge in [0, 0.05) is 21.8 Å². The van der Waals surface area contributed by atoms with Gasteiger partial charge in [-0.2, -0.15) is 0 Å². The van der Waals surface area contributed by atoms with E-state index in [0.717, 1.165) is 0 Å². The Morgan fingerprint density at radius 1 is 0.800 bits per heavy atom. The number of rotatable bonds is 4. The maximum absolute atomic E-state index is 3.69. The Labute approximate surface area is 122 Å². The summed E-state index contributed by atoms with van der Waals surface area (Å²) in [5.41, 5.74) is 2.66. The van der Waals surface area contributed by atoms with E-state index in [9.17, 15) is 0 Å². The molecule has 2 heteroatoms. The van der Waals surface area contributed by atoms with Gasteiger partial charge in [0.05, 0.1) is 8.07 Å². The monoisotopic (exact) mass is 281 g/mol. The zero-order valence-corrected chi connectivity index (χ0v) is 13.7. The summed E-state index contributed by atoms with van der Waals surface area (Å²) in [6.45, 7) is 7.13. The average Bonchev–Trinajstić information content (AvgIpc) is 2.89. The molecule has 0 bridgehead atoms. The van der Waals surface area contributed by atoms with Gasteiger partial charge in [-0.15, -0.1) is 0 Å². The molecule has 2 aromatic carbocycles. The molecule has 3 aromatic rings. The highest BCUT2D eigenvalue weighted by Crippen LogP contribution is 2.28. The normalized spacial score (nSPS) is 12.3. The number of aromatic amines is 1. The third kappa shape index (κ3) is 1.82. The summed E-state index contributed by atoms with van der Waals surface area (Å²) in [5, 5.41) is 4.37. The summed E-state index contributed by atoms with van der Waals surface area (Å²) in [6.07, 6.45) is 0. The molecular formula is C18H23NSi. The number of H-pyrrole nitrogens is 1. The molecule has 0 aliphatic carbocycles. The first-order valence-electron chi connectivity index (χ1n) is 7.75. The Bertz CT molecular complexity index is 729. The van der Waals surface area contributed by atoms with Crippen molar-refractivity contribution in [3.63, 3.8) is 0 Å². The van der Waals surface area contributed by atoms with Crippen molar-refractivity contribution in [3.8, 4) is 0 Å². The molecule has 0 saturated heterocycles. The summed E-state index contributed by atoms with van der Waals surface area (Å²) in [7, 11) is -1.35. The van der Waals surface area contributed by atoms with Crippen molar-refractivity contribution in [2.24, 2.45) is 0 Å². The van der Waals surface area contributed by atoms with Gasteiger partial charge < -0.3 is 4.98 Å². The van der Waals surface area contributed by atoms with Gasteiger partial charge in [-0.1, -0.05) is 75.3 Å². The number of hydrogen-bond acceptors (Lipinski definition) is 0. The lowest BCUT2D eigenvalue weighted by molar-refractivity contribution is 1.20. The van der Waals surface area contributed by atoms with Gasteiger partial charge in [-0.3, -0.25) is 0 Å². The van der Waals surface area contributed by atoms with E-state index >= 15 is 0 Å². The molecule has 0 atom stereocenters. The van der Waals surface area contributed by atoms with E-state index in [0.29, 0.717) is 0 Å². The molecule has 1 N–H and O–H groups in total. The van der Waals surface area contributed by atoms with E-state index in [2.05, 4.69) is 68.2 Å². The van der Waals surface area contributed by atoms with Gasteiger partial charge >= 0.3 is 0 Å². The van der Waals surface area contributed by atoms with Crippen LogP contribution in [0.4, 0.5) is 0 Å². The quantitative estimate of drug-likeness (QED) is 0.645. The third-order valence-electron chi connectivity index (χ3n) is 5.14. The lowest BCUT2D eigenvalue weighted by atomic mass is 10.1. The van der Waals surface area contributed by atoms with E-state index < -0.39 is 8.07 Å². The van der Waals surface area contributed by atoms with Gasteiger partial charge in [0.1, 0.15) is 0 Å². The maximum atomic E-state index is 3.69. The van der Waals surface area contributed by atoms with Crippen molar-refractivity contribution in [2.75, 3.05) is 0 Å². The van der Waals surface area contributed by atoms with Crippen LogP contribution < -0.4 is 5.19 Å². The predicted octanol–water partition coefficient (Wildman–Crippen LogP) is 5.04. The molecule has 0 fully saturated rings. The van der Waals surface area contributed by atoms with Gasteiger partial charge in [0.15, 0.2) is 0 Å². The van der Waals surface area contributed by atoms with Crippen LogP contribution in [0.15, 0.2) is 42.5 Å². The molecule has 104 valence electrons. The minimum Gasteiger partial charge on any atom is -0.355 e. The van der Waals surface area contributed by atoms with Crippen LogP contribution in [0.2, 0.25) is 18.1 Å². The number of fused-ring (bicyclic) bond motifs is 3. The minimum atomic E-state index is -1.35. The lowest BCUT2D eigenvalue weighted by Gasteiger charge is -2.29. The number of nitrogens with one attached hydrogen (secondary N) is 1. The fourth-order valence-electron chi connectivity index (χ4n) is 3.64. The molecule has 0 saturated carbocycles. The molecule has 20 heavy (non-hydrogen) atoms. The fraction of sp³-hybridized carbons (Fsp3) is 0.333. The number of aromatic nitrogens is 1. The van der Waals surface area contributed by atoms with Gasteiger partial charge in [-0.05, 0) is 11.3 Å². The zero-order chi connectivity index (χ0) is 14.2. The molecule has 0 amide bonds. The predicted molar refractivity (Wildman–Crippen MR) is 92.6 cm³/mol. The van der Waals surface area contributed by atoms with Crippen LogP contribution in [0, 0.1) is 0 Å². The molecule has 0 aliphatic rings. The minimum absolute atomic E-state index is 1.26. The Morgan fingerprint density at radius 3 is 2.15 bits per heavy atom. The summed E-state index contributed by atoms with van der Waals surface area (Å²) in [4.78, 5) is 3.69. The second-order valence-electron chi connectivity index (χ2n) is 5.74. The van der Waals surface area contributed by atoms with E-state index in [1.165, 1.54) is 39.9 Å². The van der Waals surface area contributed by atoms with Gasteiger partial charge in [-0.25, -0.2) is 0 Å². The number of para-hydroxylation sites is 2. The average molecular weight is 281 g/mol. The van der Waals surface area contributed by atoms with E-state index in [-0.39, 0.29) is 0 Å². The standard InChI is InChI=1S/C18H23NSi/c1-4-20(5-2,6-3)17-13-9-11-15-14-10-7-8-12-16(14)19-18(15)17/h7-13,19H,4-6H2,1-3H3. The second kappa shape index (κ2) is 5.10. The van der Waals surface area contributed by atoms with Crippen LogP contribution >= 0.6 is 0 Å². The van der Waals surface area contributed by atoms with Crippen molar-refractivity contribution in [3.05, 3.63) is 42.5 Å². The van der Waals surface area contributed by atoms with Crippen molar-refractivity contribution >= 4 is 35.1 Å². The second-order valence-corrected chi connectivity index (χ2v) is 11.0. The highest BCUT2D eigenvalue weighted by atomic mass is 28.3. The van der Waals surface area contributed by atoms with Crippen LogP contribution in [0.1, 0.15) is 20.8 Å². The third-order valence-corrected chi connectivity index (χ3v) is 10.8. The van der Waals surface area contributed by atoms with E-state index in [4.69, 9.17) is 0 Å². The topological polar surface area (TPSA) is 15.8 Å². The Hall–Kier alpha value is -1.54. The van der Waals surface area contributed by atoms with Gasteiger partial charge in [0.2, 0.25) is 0 Å². The van der Waals surface area contributed by atoms with E-state index in [1.807, 2.05) is 0 Å². The first-order valence-corrected chi connectivity index (χ1v) is 10.4. The summed E-state index contributed by atoms with van der Waals surface area (Å²) >= 11 is 0. The smallest absolute Gasteiger partial charge is 0.0886 e. The maximum Gasteiger partial charge on any atom is 0.0886 e. The fourth-order valence-corrected chi connectivity index (χ4v) is 7.46. The largest absolute Gasteiger partial charge is 0.355 e. The molecule has 0 unspecified atom stereocenters. The molecule has 1 aromatic heterocycles. The van der Waals surface area contributed by atoms with Crippen LogP contribution in [-0.2, 0) is 0 Å². The van der Waals surface area contributed by atoms with Crippen LogP contribution in [0.3, 0.4) is 0 Å². The van der Waals surface area contributed by atoms with Crippen LogP contribution in [-0.4, -0.2) is 13.1 Å². The Morgan fingerprint density at radius 2 is 1.45 bits per heavy atom. The van der Waals surface area contributed by atoms with Crippen LogP contribution in [0.25, 0.3) is 21.8 Å². The summed E-state index contributed by atoms with van der Waals surface area (Å²) < 4.78 is 0. The Balaban J connectivity index is 2.37. The first-order chi connectivity index (χ1) is 9.75. The Kier molecular flexibility index (Phi) is 3.43. The van der Waals surface area contributed by atoms with Crippen molar-refractivity contribution in [1.82, 2.24) is 4.98 Å². The zero-order valence-electron chi connectivity index (χ0n) is 12.7. The molecule has 0 radical (unpaired) electrons. The van der Waals surface area contributed by atoms with Crippen molar-refractivity contribution < 1.29 is 0 Å². The molecule has 1 heterocycles. The van der Waals surface area contributed by atoms with Crippen molar-refractivity contribution in [1.29, 1.82) is 0 Å². The molecule has 3 rings (SSSR count). The number of hydrogen-bond donors (Lipinski definition) is 1. The highest BCUT2D eigenvalue weighted by molar-refractivity contribution is 6.93. The first kappa shape index (κ1) is 13.4. The summed E-state index contributed by atoms with van der Waals surface area (Å²) in [6, 6.07) is 19.5. The molecule has 0 aliphatic heterocycles. The molecule has 1 nitrogen and oxygen atoms in total. The lowest BCUT2D eigenvalue weighted by Crippen LogP contribution is -2.46. The molecular weight excluding hydrogens is 258 g/mol. The summed E-state index contributed by atoms with van der Waals surface area (Å²) in [5.74, 6) is 0. The van der Waals surface area contributed by atoms with Crippen molar-refractivity contribution in [2.45, 2.75) is 38.9 Å². The van der Waals surface area contributed by atoms with Gasteiger partial charge in [0.25, 0.3) is 0 Å².